The van der Waals surface area contributed by atoms with E-state index >= 15 is 0 Å². The first-order valence-corrected chi connectivity index (χ1v) is 15.7. The highest BCUT2D eigenvalue weighted by Crippen LogP contribution is 2.32. The van der Waals surface area contributed by atoms with Gasteiger partial charge in [0.2, 0.25) is 11.8 Å². The molecule has 4 rings (SSSR count). The Morgan fingerprint density at radius 3 is 2.12 bits per heavy atom. The van der Waals surface area contributed by atoms with Gasteiger partial charge in [-0.25, -0.2) is 8.42 Å². The molecule has 1 aliphatic rings. The number of carbonyl (C=O) groups excluding carboxylic acids is 2. The molecule has 9 nitrogen and oxygen atoms in total. The molecule has 1 saturated carbocycles. The monoisotopic (exact) mass is 593 g/mol. The Bertz CT molecular complexity index is 1440. The molecule has 42 heavy (non-hydrogen) atoms. The van der Waals surface area contributed by atoms with Gasteiger partial charge in [0.15, 0.2) is 11.5 Å². The SMILES string of the molecule is CC[C@@H](C(=O)NC1CCCC1)N(Cc1ccccc1)C(=O)CN(c1ccccc1)S(=O)(=O)c1ccc(OC)c(OC)c1. The Balaban J connectivity index is 1.71. The topological polar surface area (TPSA) is 105 Å². The predicted molar refractivity (Wildman–Crippen MR) is 162 cm³/mol. The van der Waals surface area contributed by atoms with E-state index in [0.717, 1.165) is 35.6 Å². The third-order valence-corrected chi connectivity index (χ3v) is 9.32. The lowest BCUT2D eigenvalue weighted by Crippen LogP contribution is -2.53. The lowest BCUT2D eigenvalue weighted by atomic mass is 10.1. The molecule has 0 aliphatic heterocycles. The second kappa shape index (κ2) is 14.2. The maximum absolute atomic E-state index is 14.2. The Morgan fingerprint density at radius 1 is 0.905 bits per heavy atom. The zero-order valence-electron chi connectivity index (χ0n) is 24.4. The van der Waals surface area contributed by atoms with E-state index in [1.165, 1.54) is 37.3 Å². The maximum Gasteiger partial charge on any atom is 0.264 e. The van der Waals surface area contributed by atoms with Gasteiger partial charge in [0.1, 0.15) is 12.6 Å². The summed E-state index contributed by atoms with van der Waals surface area (Å²) < 4.78 is 39.9. The summed E-state index contributed by atoms with van der Waals surface area (Å²) in [5.74, 6) is -0.0759. The molecule has 3 aromatic rings. The number of ether oxygens (including phenoxy) is 2. The third kappa shape index (κ3) is 7.23. The fourth-order valence-corrected chi connectivity index (χ4v) is 6.72. The number of para-hydroxylation sites is 1. The number of nitrogens with zero attached hydrogens (tertiary/aromatic N) is 2. The van der Waals surface area contributed by atoms with Crippen LogP contribution in [0.3, 0.4) is 0 Å². The van der Waals surface area contributed by atoms with Gasteiger partial charge < -0.3 is 19.7 Å². The normalized spacial score (nSPS) is 14.2. The van der Waals surface area contributed by atoms with E-state index in [-0.39, 0.29) is 29.1 Å². The molecule has 0 bridgehead atoms. The second-order valence-corrected chi connectivity index (χ2v) is 12.1. The van der Waals surface area contributed by atoms with Gasteiger partial charge in [-0.2, -0.15) is 0 Å². The highest BCUT2D eigenvalue weighted by Gasteiger charge is 2.34. The molecule has 2 amide bonds. The fraction of sp³-hybridized carbons (Fsp3) is 0.375. The zero-order valence-corrected chi connectivity index (χ0v) is 25.2. The van der Waals surface area contributed by atoms with Crippen LogP contribution < -0.4 is 19.1 Å². The first-order valence-electron chi connectivity index (χ1n) is 14.2. The van der Waals surface area contributed by atoms with Crippen molar-refractivity contribution < 1.29 is 27.5 Å². The first kappa shape index (κ1) is 30.9. The van der Waals surface area contributed by atoms with Crippen molar-refractivity contribution in [2.45, 2.75) is 62.6 Å². The minimum Gasteiger partial charge on any atom is -0.493 e. The number of amides is 2. The summed E-state index contributed by atoms with van der Waals surface area (Å²) in [6.07, 6.45) is 4.34. The Kier molecular flexibility index (Phi) is 10.5. The van der Waals surface area contributed by atoms with Crippen LogP contribution in [0.25, 0.3) is 0 Å². The van der Waals surface area contributed by atoms with Gasteiger partial charge in [-0.05, 0) is 49.1 Å². The molecule has 3 aromatic carbocycles. The molecule has 1 atom stereocenters. The van der Waals surface area contributed by atoms with Crippen LogP contribution in [0.1, 0.15) is 44.6 Å². The van der Waals surface area contributed by atoms with Crippen LogP contribution in [-0.4, -0.2) is 58.0 Å². The summed E-state index contributed by atoms with van der Waals surface area (Å²) in [4.78, 5) is 29.1. The van der Waals surface area contributed by atoms with Crippen molar-refractivity contribution >= 4 is 27.5 Å². The van der Waals surface area contributed by atoms with E-state index in [0.29, 0.717) is 17.9 Å². The van der Waals surface area contributed by atoms with Crippen molar-refractivity contribution in [1.29, 1.82) is 0 Å². The molecule has 0 spiro atoms. The van der Waals surface area contributed by atoms with Crippen LogP contribution in [0, 0.1) is 0 Å². The number of methoxy groups -OCH3 is 2. The molecule has 10 heteroatoms. The number of hydrogen-bond acceptors (Lipinski definition) is 6. The van der Waals surface area contributed by atoms with E-state index < -0.39 is 28.5 Å². The molecule has 0 aromatic heterocycles. The quantitative estimate of drug-likeness (QED) is 0.306. The van der Waals surface area contributed by atoms with Crippen molar-refractivity contribution in [2.75, 3.05) is 25.1 Å². The van der Waals surface area contributed by atoms with Gasteiger partial charge >= 0.3 is 0 Å². The highest BCUT2D eigenvalue weighted by atomic mass is 32.2. The van der Waals surface area contributed by atoms with Crippen molar-refractivity contribution in [2.24, 2.45) is 0 Å². The van der Waals surface area contributed by atoms with Crippen LogP contribution in [0.15, 0.2) is 83.8 Å². The largest absolute Gasteiger partial charge is 0.493 e. The summed E-state index contributed by atoms with van der Waals surface area (Å²) in [6, 6.07) is 21.5. The minimum absolute atomic E-state index is 0.0579. The van der Waals surface area contributed by atoms with Gasteiger partial charge in [-0.15, -0.1) is 0 Å². The van der Waals surface area contributed by atoms with Gasteiger partial charge in [-0.1, -0.05) is 68.3 Å². The average molecular weight is 594 g/mol. The minimum atomic E-state index is -4.23. The number of carbonyl (C=O) groups is 2. The van der Waals surface area contributed by atoms with E-state index in [4.69, 9.17) is 9.47 Å². The Hall–Kier alpha value is -4.05. The van der Waals surface area contributed by atoms with Crippen molar-refractivity contribution in [3.8, 4) is 11.5 Å². The standard InChI is InChI=1S/C32H39N3O6S/c1-4-28(32(37)33-25-15-11-12-16-25)34(22-24-13-7-5-8-14-24)31(36)23-35(26-17-9-6-10-18-26)42(38,39)27-19-20-29(40-2)30(21-27)41-3/h5-10,13-14,17-21,25,28H,4,11-12,15-16,22-23H2,1-3H3,(H,33,37)/t28-/m0/s1. The molecule has 0 radical (unpaired) electrons. The molecule has 0 saturated heterocycles. The molecule has 0 heterocycles. The van der Waals surface area contributed by atoms with Crippen LogP contribution in [0.5, 0.6) is 11.5 Å². The van der Waals surface area contributed by atoms with Crippen LogP contribution in [0.2, 0.25) is 0 Å². The first-order chi connectivity index (χ1) is 20.3. The molecule has 1 fully saturated rings. The molecule has 224 valence electrons. The number of sulfonamides is 1. The van der Waals surface area contributed by atoms with Crippen LogP contribution in [-0.2, 0) is 26.2 Å². The van der Waals surface area contributed by atoms with E-state index in [9.17, 15) is 18.0 Å². The summed E-state index contributed by atoms with van der Waals surface area (Å²) >= 11 is 0. The molecule has 0 unspecified atom stereocenters. The summed E-state index contributed by atoms with van der Waals surface area (Å²) in [6.45, 7) is 1.52. The van der Waals surface area contributed by atoms with Gasteiger partial charge in [0.05, 0.1) is 24.8 Å². The van der Waals surface area contributed by atoms with Crippen LogP contribution in [0.4, 0.5) is 5.69 Å². The van der Waals surface area contributed by atoms with E-state index in [1.807, 2.05) is 37.3 Å². The molecular weight excluding hydrogens is 554 g/mol. The zero-order chi connectivity index (χ0) is 30.1. The number of nitrogens with one attached hydrogen (secondary N) is 1. The van der Waals surface area contributed by atoms with Gasteiger partial charge in [0.25, 0.3) is 10.0 Å². The lowest BCUT2D eigenvalue weighted by molar-refractivity contribution is -0.140. The number of benzene rings is 3. The number of anilines is 1. The van der Waals surface area contributed by atoms with Crippen molar-refractivity contribution in [1.82, 2.24) is 10.2 Å². The molecule has 1 aliphatic carbocycles. The van der Waals surface area contributed by atoms with Crippen LogP contribution >= 0.6 is 0 Å². The fourth-order valence-electron chi connectivity index (χ4n) is 5.29. The highest BCUT2D eigenvalue weighted by molar-refractivity contribution is 7.92. The Morgan fingerprint density at radius 2 is 1.52 bits per heavy atom. The third-order valence-electron chi connectivity index (χ3n) is 7.55. The van der Waals surface area contributed by atoms with Crippen molar-refractivity contribution in [3.05, 3.63) is 84.4 Å². The maximum atomic E-state index is 14.2. The summed E-state index contributed by atoms with van der Waals surface area (Å²) in [5, 5.41) is 3.13. The molecule has 1 N–H and O–H groups in total. The van der Waals surface area contributed by atoms with E-state index in [1.54, 1.807) is 30.3 Å². The van der Waals surface area contributed by atoms with E-state index in [2.05, 4.69) is 5.32 Å². The predicted octanol–water partition coefficient (Wildman–Crippen LogP) is 4.77. The van der Waals surface area contributed by atoms with Crippen molar-refractivity contribution in [3.63, 3.8) is 0 Å². The smallest absolute Gasteiger partial charge is 0.264 e. The molecular formula is C32H39N3O6S. The Labute approximate surface area is 248 Å². The second-order valence-electron chi connectivity index (χ2n) is 10.3. The summed E-state index contributed by atoms with van der Waals surface area (Å²) in [5.41, 5.74) is 1.16. The number of rotatable bonds is 13. The summed E-state index contributed by atoms with van der Waals surface area (Å²) in [7, 11) is -1.34. The average Bonchev–Trinajstić information content (AvgIpc) is 3.53. The van der Waals surface area contributed by atoms with Gasteiger partial charge in [0, 0.05) is 18.7 Å². The van der Waals surface area contributed by atoms with Gasteiger partial charge in [-0.3, -0.25) is 13.9 Å². The number of hydrogen-bond donors (Lipinski definition) is 1. The lowest BCUT2D eigenvalue weighted by Gasteiger charge is -2.33.